The number of nitrogens with one attached hydrogen (secondary N) is 2. The maximum Gasteiger partial charge on any atom is 0.411 e. The molecule has 1 saturated heterocycles. The zero-order valence-corrected chi connectivity index (χ0v) is 25.0. The summed E-state index contributed by atoms with van der Waals surface area (Å²) in [6.45, 7) is 3.33. The molecular weight excluding hydrogens is 554 g/mol. The Morgan fingerprint density at radius 2 is 1.71 bits per heavy atom. The molecule has 0 spiro atoms. The number of sulfonamides is 1. The fraction of sp³-hybridized carbons (Fsp3) is 0.594. The van der Waals surface area contributed by atoms with Gasteiger partial charge in [-0.3, -0.25) is 5.32 Å². The Bertz CT molecular complexity index is 1400. The van der Waals surface area contributed by atoms with Crippen LogP contribution in [0.25, 0.3) is 0 Å². The van der Waals surface area contributed by atoms with E-state index in [1.807, 2.05) is 43.3 Å². The lowest BCUT2D eigenvalue weighted by molar-refractivity contribution is 0.0256. The van der Waals surface area contributed by atoms with Gasteiger partial charge in [-0.15, -0.1) is 0 Å². The van der Waals surface area contributed by atoms with Gasteiger partial charge in [-0.2, -0.15) is 0 Å². The van der Waals surface area contributed by atoms with Gasteiger partial charge in [0, 0.05) is 42.4 Å². The van der Waals surface area contributed by atoms with Crippen LogP contribution >= 0.6 is 0 Å². The Balaban J connectivity index is 1.20. The van der Waals surface area contributed by atoms with E-state index in [-0.39, 0.29) is 24.3 Å². The maximum absolute atomic E-state index is 14.0. The topological polar surface area (TPSA) is 106 Å². The Kier molecular flexibility index (Phi) is 7.56. The summed E-state index contributed by atoms with van der Waals surface area (Å²) in [4.78, 5) is 14.8. The lowest BCUT2D eigenvalue weighted by Crippen LogP contribution is -2.43. The number of carbonyl (C=O) groups is 1. The molecule has 0 radical (unpaired) electrons. The predicted molar refractivity (Wildman–Crippen MR) is 160 cm³/mol. The molecule has 1 amide bonds. The van der Waals surface area contributed by atoms with Crippen LogP contribution in [0.3, 0.4) is 0 Å². The highest BCUT2D eigenvalue weighted by Gasteiger charge is 2.50. The van der Waals surface area contributed by atoms with E-state index in [1.165, 1.54) is 0 Å². The summed E-state index contributed by atoms with van der Waals surface area (Å²) >= 11 is 0. The number of hydrogen-bond donors (Lipinski definition) is 2. The third-order valence-corrected chi connectivity index (χ3v) is 11.3. The predicted octanol–water partition coefficient (Wildman–Crippen LogP) is 5.83. The second kappa shape index (κ2) is 11.4. The Hall–Kier alpha value is -2.82. The summed E-state index contributed by atoms with van der Waals surface area (Å²) in [6.07, 6.45) is 8.38. The van der Waals surface area contributed by atoms with Crippen molar-refractivity contribution in [2.45, 2.75) is 100 Å². The largest absolute Gasteiger partial charge is 0.490 e. The first-order valence-corrected chi connectivity index (χ1v) is 17.2. The highest BCUT2D eigenvalue weighted by Crippen LogP contribution is 2.55. The molecule has 2 aliphatic heterocycles. The standard InChI is InChI=1S/C32H41N3O6S/c1-20(21-5-6-21)40-32(36)33-23-9-7-22(8-10-23)30-31(42(37,38)34-24-11-12-24)28-14-13-27(41-26-15-17-39-18-16-26)19-29(28)35(30)25-3-2-4-25/h7-10,13-14,19-21,24-26,30-31,34H,2-6,11-12,15-18H2,1H3,(H,33,36). The van der Waals surface area contributed by atoms with Gasteiger partial charge >= 0.3 is 6.09 Å². The van der Waals surface area contributed by atoms with Crippen molar-refractivity contribution in [3.63, 3.8) is 0 Å². The minimum Gasteiger partial charge on any atom is -0.490 e. The van der Waals surface area contributed by atoms with E-state index in [4.69, 9.17) is 14.2 Å². The van der Waals surface area contributed by atoms with Crippen LogP contribution in [0.4, 0.5) is 16.2 Å². The number of benzene rings is 2. The average molecular weight is 596 g/mol. The Morgan fingerprint density at radius 1 is 0.976 bits per heavy atom. The molecule has 3 unspecified atom stereocenters. The van der Waals surface area contributed by atoms with E-state index in [0.29, 0.717) is 24.8 Å². The van der Waals surface area contributed by atoms with Crippen LogP contribution in [0.1, 0.15) is 87.1 Å². The zero-order valence-electron chi connectivity index (χ0n) is 24.2. The van der Waals surface area contributed by atoms with Crippen molar-refractivity contribution in [1.29, 1.82) is 0 Å². The van der Waals surface area contributed by atoms with Gasteiger partial charge in [0.25, 0.3) is 0 Å². The van der Waals surface area contributed by atoms with Crippen LogP contribution in [0.2, 0.25) is 0 Å². The van der Waals surface area contributed by atoms with Crippen molar-refractivity contribution in [3.8, 4) is 5.75 Å². The van der Waals surface area contributed by atoms with Gasteiger partial charge in [-0.05, 0) is 87.1 Å². The van der Waals surface area contributed by atoms with Crippen LogP contribution in [0.15, 0.2) is 42.5 Å². The molecule has 2 aromatic rings. The lowest BCUT2D eigenvalue weighted by Gasteiger charge is -2.42. The molecule has 5 aliphatic rings. The molecule has 3 aliphatic carbocycles. The summed E-state index contributed by atoms with van der Waals surface area (Å²) in [5.41, 5.74) is 3.29. The summed E-state index contributed by atoms with van der Waals surface area (Å²) < 4.78 is 48.4. The summed E-state index contributed by atoms with van der Waals surface area (Å²) in [5, 5.41) is 2.08. The molecule has 2 N–H and O–H groups in total. The number of rotatable bonds is 10. The number of anilines is 2. The molecule has 7 rings (SSSR count). The molecule has 3 saturated carbocycles. The third kappa shape index (κ3) is 5.85. The van der Waals surface area contributed by atoms with Gasteiger partial charge < -0.3 is 19.1 Å². The first kappa shape index (κ1) is 28.0. The van der Waals surface area contributed by atoms with E-state index in [9.17, 15) is 13.2 Å². The van der Waals surface area contributed by atoms with E-state index in [1.54, 1.807) is 0 Å². The molecule has 226 valence electrons. The molecule has 2 heterocycles. The monoisotopic (exact) mass is 595 g/mol. The smallest absolute Gasteiger partial charge is 0.411 e. The molecule has 9 nitrogen and oxygen atoms in total. The van der Waals surface area contributed by atoms with E-state index >= 15 is 0 Å². The van der Waals surface area contributed by atoms with Crippen molar-refractivity contribution in [1.82, 2.24) is 4.72 Å². The average Bonchev–Trinajstić information content (AvgIpc) is 3.87. The molecule has 0 bridgehead atoms. The van der Waals surface area contributed by atoms with E-state index in [2.05, 4.69) is 21.0 Å². The number of fused-ring (bicyclic) bond motifs is 1. The Morgan fingerprint density at radius 3 is 2.36 bits per heavy atom. The fourth-order valence-corrected chi connectivity index (χ4v) is 8.53. The molecule has 2 aromatic carbocycles. The molecular formula is C32H41N3O6S. The van der Waals surface area contributed by atoms with Crippen LogP contribution in [0, 0.1) is 5.92 Å². The van der Waals surface area contributed by atoms with Crippen molar-refractivity contribution in [2.24, 2.45) is 5.92 Å². The first-order chi connectivity index (χ1) is 20.4. The molecule has 4 fully saturated rings. The van der Waals surface area contributed by atoms with Crippen LogP contribution in [-0.4, -0.2) is 52.0 Å². The maximum atomic E-state index is 14.0. The van der Waals surface area contributed by atoms with Crippen molar-refractivity contribution >= 4 is 27.5 Å². The third-order valence-electron chi connectivity index (χ3n) is 9.43. The summed E-state index contributed by atoms with van der Waals surface area (Å²) in [6, 6.07) is 13.4. The molecule has 0 aromatic heterocycles. The van der Waals surface area contributed by atoms with Gasteiger partial charge in [-0.1, -0.05) is 18.2 Å². The number of ether oxygens (including phenoxy) is 3. The lowest BCUT2D eigenvalue weighted by atomic mass is 9.89. The highest BCUT2D eigenvalue weighted by molar-refractivity contribution is 7.89. The number of carbonyl (C=O) groups excluding carboxylic acids is 1. The van der Waals surface area contributed by atoms with Crippen molar-refractivity contribution < 1.29 is 27.4 Å². The quantitative estimate of drug-likeness (QED) is 0.356. The second-order valence-corrected chi connectivity index (χ2v) is 14.5. The number of hydrogen-bond acceptors (Lipinski definition) is 7. The summed E-state index contributed by atoms with van der Waals surface area (Å²) in [7, 11) is -3.68. The SMILES string of the molecule is CC(OC(=O)Nc1ccc(C2C(S(=O)(=O)NC3CC3)c3ccc(OC4CCOCC4)cc3N2C2CCC2)cc1)C1CC1. The molecule has 42 heavy (non-hydrogen) atoms. The highest BCUT2D eigenvalue weighted by atomic mass is 32.2. The number of amides is 1. The van der Waals surface area contributed by atoms with Gasteiger partial charge in [-0.25, -0.2) is 17.9 Å². The van der Waals surface area contributed by atoms with E-state index < -0.39 is 27.4 Å². The summed E-state index contributed by atoms with van der Waals surface area (Å²) in [5.74, 6) is 1.24. The van der Waals surface area contributed by atoms with E-state index in [0.717, 1.165) is 80.4 Å². The van der Waals surface area contributed by atoms with Crippen LogP contribution in [0.5, 0.6) is 5.75 Å². The number of nitrogens with zero attached hydrogens (tertiary/aromatic N) is 1. The van der Waals surface area contributed by atoms with Gasteiger partial charge in [0.05, 0.1) is 19.3 Å². The normalized spacial score (nSPS) is 25.4. The molecule has 10 heteroatoms. The van der Waals surface area contributed by atoms with Gasteiger partial charge in [0.15, 0.2) is 0 Å². The van der Waals surface area contributed by atoms with Crippen LogP contribution < -0.4 is 19.7 Å². The fourth-order valence-electron chi connectivity index (χ4n) is 6.52. The minimum atomic E-state index is -3.68. The van der Waals surface area contributed by atoms with Crippen molar-refractivity contribution in [2.75, 3.05) is 23.4 Å². The first-order valence-electron chi connectivity index (χ1n) is 15.6. The van der Waals surface area contributed by atoms with Crippen molar-refractivity contribution in [3.05, 3.63) is 53.6 Å². The zero-order chi connectivity index (χ0) is 28.8. The van der Waals surface area contributed by atoms with Gasteiger partial charge in [0.2, 0.25) is 10.0 Å². The molecule has 3 atom stereocenters. The van der Waals surface area contributed by atoms with Crippen LogP contribution in [-0.2, 0) is 19.5 Å². The van der Waals surface area contributed by atoms with Gasteiger partial charge in [0.1, 0.15) is 23.2 Å². The Labute approximate surface area is 248 Å². The second-order valence-electron chi connectivity index (χ2n) is 12.6. The minimum absolute atomic E-state index is 0.0172.